The molecule has 2 N–H and O–H groups in total. The van der Waals surface area contributed by atoms with Crippen molar-refractivity contribution in [2.24, 2.45) is 0 Å². The molecule has 2 heterocycles. The zero-order valence-electron chi connectivity index (χ0n) is 16.3. The Balaban J connectivity index is 1.57. The van der Waals surface area contributed by atoms with Gasteiger partial charge in [-0.25, -0.2) is 4.39 Å². The van der Waals surface area contributed by atoms with Crippen LogP contribution in [0.5, 0.6) is 0 Å². The quantitative estimate of drug-likeness (QED) is 0.712. The number of nitrogens with zero attached hydrogens (tertiary/aromatic N) is 1. The van der Waals surface area contributed by atoms with Crippen molar-refractivity contribution in [1.29, 1.82) is 0 Å². The predicted octanol–water partition coefficient (Wildman–Crippen LogP) is 4.30. The number of aromatic amines is 1. The Morgan fingerprint density at radius 1 is 1.21 bits per heavy atom. The minimum absolute atomic E-state index is 0.0836. The van der Waals surface area contributed by atoms with Crippen LogP contribution in [0.1, 0.15) is 46.9 Å². The number of rotatable bonds is 3. The number of benzene rings is 2. The predicted molar refractivity (Wildman–Crippen MR) is 108 cm³/mol. The van der Waals surface area contributed by atoms with Crippen LogP contribution in [-0.2, 0) is 12.0 Å². The van der Waals surface area contributed by atoms with Crippen LogP contribution >= 0.6 is 0 Å². The largest absolute Gasteiger partial charge is 0.385 e. The second-order valence-corrected chi connectivity index (χ2v) is 7.72. The molecule has 1 aromatic heterocycles. The Hall–Kier alpha value is -2.66. The van der Waals surface area contributed by atoms with Crippen molar-refractivity contribution in [3.05, 3.63) is 70.7 Å². The van der Waals surface area contributed by atoms with E-state index in [0.717, 1.165) is 27.6 Å². The number of hydrogen-bond acceptors (Lipinski definition) is 2. The number of aryl methyl sites for hydroxylation is 2. The average molecular weight is 380 g/mol. The molecule has 28 heavy (non-hydrogen) atoms. The number of aromatic nitrogens is 1. The zero-order valence-corrected chi connectivity index (χ0v) is 16.3. The minimum atomic E-state index is -0.903. The van der Waals surface area contributed by atoms with Gasteiger partial charge in [0.15, 0.2) is 0 Å². The molecule has 0 spiro atoms. The summed E-state index contributed by atoms with van der Waals surface area (Å²) in [5, 5.41) is 11.9. The zero-order chi connectivity index (χ0) is 19.9. The van der Waals surface area contributed by atoms with Gasteiger partial charge >= 0.3 is 0 Å². The van der Waals surface area contributed by atoms with Gasteiger partial charge in [0, 0.05) is 24.0 Å². The number of hydrogen-bond donors (Lipinski definition) is 2. The number of aliphatic hydroxyl groups is 1. The number of carbonyl (C=O) groups excluding carboxylic acids is 1. The van der Waals surface area contributed by atoms with Crippen LogP contribution in [0.4, 0.5) is 4.39 Å². The Bertz CT molecular complexity index is 1030. The first-order valence-electron chi connectivity index (χ1n) is 9.80. The first-order valence-corrected chi connectivity index (χ1v) is 9.80. The van der Waals surface area contributed by atoms with E-state index in [0.29, 0.717) is 38.0 Å². The Morgan fingerprint density at radius 3 is 2.64 bits per heavy atom. The monoisotopic (exact) mass is 380 g/mol. The standard InChI is InChI=1S/C23H25FN2O2/c1-3-18-19-14-17(24)7-8-20(19)25-21(18)22(27)26-11-9-23(28,10-12-26)16-6-4-5-15(2)13-16/h4-8,13-14,25,28H,3,9-12H2,1-2H3. The molecule has 0 aliphatic carbocycles. The van der Waals surface area contributed by atoms with E-state index in [4.69, 9.17) is 0 Å². The number of amides is 1. The fourth-order valence-corrected chi connectivity index (χ4v) is 4.23. The van der Waals surface area contributed by atoms with Gasteiger partial charge in [0.25, 0.3) is 5.91 Å². The summed E-state index contributed by atoms with van der Waals surface area (Å²) in [7, 11) is 0. The van der Waals surface area contributed by atoms with Crippen molar-refractivity contribution < 1.29 is 14.3 Å². The highest BCUT2D eigenvalue weighted by Gasteiger charge is 2.36. The van der Waals surface area contributed by atoms with Crippen molar-refractivity contribution in [3.8, 4) is 0 Å². The summed E-state index contributed by atoms with van der Waals surface area (Å²) in [5.41, 5.74) is 3.27. The highest BCUT2D eigenvalue weighted by Crippen LogP contribution is 2.34. The number of carbonyl (C=O) groups is 1. The van der Waals surface area contributed by atoms with Gasteiger partial charge in [0.2, 0.25) is 0 Å². The molecule has 5 heteroatoms. The summed E-state index contributed by atoms with van der Waals surface area (Å²) >= 11 is 0. The Kier molecular flexibility index (Phi) is 4.71. The van der Waals surface area contributed by atoms with E-state index < -0.39 is 5.60 Å². The first kappa shape index (κ1) is 18.7. The van der Waals surface area contributed by atoms with E-state index in [1.165, 1.54) is 12.1 Å². The molecule has 1 fully saturated rings. The van der Waals surface area contributed by atoms with E-state index in [2.05, 4.69) is 4.98 Å². The molecule has 2 aromatic carbocycles. The molecule has 0 unspecified atom stereocenters. The lowest BCUT2D eigenvalue weighted by Gasteiger charge is -2.38. The smallest absolute Gasteiger partial charge is 0.270 e. The summed E-state index contributed by atoms with van der Waals surface area (Å²) in [4.78, 5) is 18.1. The van der Waals surface area contributed by atoms with Gasteiger partial charge in [-0.1, -0.05) is 36.8 Å². The topological polar surface area (TPSA) is 56.3 Å². The number of nitrogens with one attached hydrogen (secondary N) is 1. The van der Waals surface area contributed by atoms with Gasteiger partial charge in [0.05, 0.1) is 5.60 Å². The lowest BCUT2D eigenvalue weighted by atomic mass is 9.84. The van der Waals surface area contributed by atoms with Gasteiger partial charge < -0.3 is 15.0 Å². The maximum absolute atomic E-state index is 13.7. The number of likely N-dealkylation sites (tertiary alicyclic amines) is 1. The number of H-pyrrole nitrogens is 1. The molecular formula is C23H25FN2O2. The van der Waals surface area contributed by atoms with Crippen LogP contribution in [0.15, 0.2) is 42.5 Å². The van der Waals surface area contributed by atoms with E-state index >= 15 is 0 Å². The molecular weight excluding hydrogens is 355 g/mol. The minimum Gasteiger partial charge on any atom is -0.385 e. The average Bonchev–Trinajstić information content (AvgIpc) is 3.05. The second kappa shape index (κ2) is 7.06. The third kappa shape index (κ3) is 3.20. The Labute approximate surface area is 164 Å². The Morgan fingerprint density at radius 2 is 1.96 bits per heavy atom. The molecule has 0 atom stereocenters. The third-order valence-electron chi connectivity index (χ3n) is 5.87. The number of fused-ring (bicyclic) bond motifs is 1. The van der Waals surface area contributed by atoms with E-state index in [9.17, 15) is 14.3 Å². The molecule has 0 radical (unpaired) electrons. The second-order valence-electron chi connectivity index (χ2n) is 7.72. The maximum atomic E-state index is 13.7. The third-order valence-corrected chi connectivity index (χ3v) is 5.87. The van der Waals surface area contributed by atoms with Crippen molar-refractivity contribution in [1.82, 2.24) is 9.88 Å². The van der Waals surface area contributed by atoms with Crippen molar-refractivity contribution in [2.45, 2.75) is 38.7 Å². The van der Waals surface area contributed by atoms with Crippen LogP contribution in [-0.4, -0.2) is 34.0 Å². The molecule has 1 aliphatic rings. The molecule has 0 saturated carbocycles. The van der Waals surface area contributed by atoms with Gasteiger partial charge in [0.1, 0.15) is 11.5 Å². The summed E-state index contributed by atoms with van der Waals surface area (Å²) in [6.07, 6.45) is 1.64. The summed E-state index contributed by atoms with van der Waals surface area (Å²) in [5.74, 6) is -0.388. The highest BCUT2D eigenvalue weighted by molar-refractivity contribution is 6.01. The van der Waals surface area contributed by atoms with Crippen LogP contribution in [0, 0.1) is 12.7 Å². The lowest BCUT2D eigenvalue weighted by Crippen LogP contribution is -2.45. The van der Waals surface area contributed by atoms with E-state index in [1.54, 1.807) is 11.0 Å². The van der Waals surface area contributed by atoms with Crippen molar-refractivity contribution in [3.63, 3.8) is 0 Å². The highest BCUT2D eigenvalue weighted by atomic mass is 19.1. The number of halogens is 1. The molecule has 4 nitrogen and oxygen atoms in total. The van der Waals surface area contributed by atoms with Gasteiger partial charge in [-0.15, -0.1) is 0 Å². The van der Waals surface area contributed by atoms with Gasteiger partial charge in [-0.2, -0.15) is 0 Å². The molecule has 1 aliphatic heterocycles. The summed E-state index contributed by atoms with van der Waals surface area (Å²) in [6.45, 7) is 4.94. The van der Waals surface area contributed by atoms with Crippen LogP contribution < -0.4 is 0 Å². The number of piperidine rings is 1. The molecule has 146 valence electrons. The van der Waals surface area contributed by atoms with Gasteiger partial charge in [-0.05, 0) is 55.5 Å². The first-order chi connectivity index (χ1) is 13.4. The van der Waals surface area contributed by atoms with Crippen molar-refractivity contribution >= 4 is 16.8 Å². The maximum Gasteiger partial charge on any atom is 0.270 e. The van der Waals surface area contributed by atoms with E-state index in [1.807, 2.05) is 38.1 Å². The fraction of sp³-hybridized carbons (Fsp3) is 0.348. The SMILES string of the molecule is CCc1c(C(=O)N2CCC(O)(c3cccc(C)c3)CC2)[nH]c2ccc(F)cc12. The molecule has 1 saturated heterocycles. The lowest BCUT2D eigenvalue weighted by molar-refractivity contribution is -0.0213. The van der Waals surface area contributed by atoms with Gasteiger partial charge in [-0.3, -0.25) is 4.79 Å². The molecule has 1 amide bonds. The normalized spacial score (nSPS) is 16.5. The van der Waals surface area contributed by atoms with Crippen LogP contribution in [0.3, 0.4) is 0 Å². The van der Waals surface area contributed by atoms with Crippen LogP contribution in [0.25, 0.3) is 10.9 Å². The molecule has 3 aromatic rings. The van der Waals surface area contributed by atoms with E-state index in [-0.39, 0.29) is 11.7 Å². The fourth-order valence-electron chi connectivity index (χ4n) is 4.23. The molecule has 0 bridgehead atoms. The molecule has 4 rings (SSSR count). The summed E-state index contributed by atoms with van der Waals surface area (Å²) < 4.78 is 13.7. The van der Waals surface area contributed by atoms with Crippen molar-refractivity contribution in [2.75, 3.05) is 13.1 Å². The van der Waals surface area contributed by atoms with Crippen LogP contribution in [0.2, 0.25) is 0 Å². The summed E-state index contributed by atoms with van der Waals surface area (Å²) in [6, 6.07) is 12.5.